The van der Waals surface area contributed by atoms with Gasteiger partial charge in [0.15, 0.2) is 0 Å². The molecule has 3 heteroatoms. The molecule has 0 aliphatic heterocycles. The van der Waals surface area contributed by atoms with Crippen molar-refractivity contribution < 1.29 is 29.6 Å². The minimum Gasteiger partial charge on any atom is -0.780 e. The maximum absolute atomic E-state index is 4.87. The van der Waals surface area contributed by atoms with Crippen LogP contribution in [-0.2, 0) is 12.6 Å². The maximum Gasteiger partial charge on any atom is 1.00 e. The predicted octanol–water partition coefficient (Wildman–Crippen LogP) is -0.799. The second kappa shape index (κ2) is 4.91. The van der Waals surface area contributed by atoms with E-state index in [-0.39, 0.29) is 29.6 Å². The number of benzene rings is 1. The van der Waals surface area contributed by atoms with E-state index in [0.29, 0.717) is 0 Å². The van der Waals surface area contributed by atoms with Crippen LogP contribution < -0.4 is 29.6 Å². The Labute approximate surface area is 96.3 Å². The van der Waals surface area contributed by atoms with Crippen LogP contribution in [0.25, 0.3) is 0 Å². The monoisotopic (exact) mass is 258 g/mol. The second-order valence-corrected chi connectivity index (χ2v) is 3.17. The number of halogens is 1. The Hall–Kier alpha value is 1.17. The molecule has 1 aromatic carbocycles. The molecule has 1 aromatic rings. The first-order valence-corrected chi connectivity index (χ1v) is 3.70. The topological polar surface area (TPSA) is 0 Å². The van der Waals surface area contributed by atoms with Crippen molar-refractivity contribution in [3.63, 3.8) is 0 Å². The molecular weight excluding hydrogens is 254 g/mol. The molecule has 0 N–H and O–H groups in total. The van der Waals surface area contributed by atoms with Gasteiger partial charge in [-0.25, -0.2) is 0 Å². The molecule has 1 rings (SSSR count). The van der Waals surface area contributed by atoms with Crippen LogP contribution in [0.4, 0.5) is 0 Å². The van der Waals surface area contributed by atoms with E-state index in [2.05, 4.69) is 22.6 Å². The van der Waals surface area contributed by atoms with Crippen LogP contribution >= 0.6 is 22.6 Å². The van der Waals surface area contributed by atoms with Gasteiger partial charge < -0.3 is 12.6 Å². The van der Waals surface area contributed by atoms with Crippen molar-refractivity contribution in [1.82, 2.24) is 0 Å². The minimum atomic E-state index is 0. The van der Waals surface area contributed by atoms with E-state index in [1.807, 2.05) is 24.3 Å². The summed E-state index contributed by atoms with van der Waals surface area (Å²) in [5, 5.41) is 0. The van der Waals surface area contributed by atoms with Crippen LogP contribution in [0, 0.1) is 3.57 Å². The first kappa shape index (κ1) is 10.2. The fraction of sp³-hybridized carbons (Fsp3) is 0. The third kappa shape index (κ3) is 3.78. The van der Waals surface area contributed by atoms with Crippen molar-refractivity contribution in [1.29, 1.82) is 0 Å². The Kier molecular flexibility index (Phi) is 5.54. The average Bonchev–Trinajstić information content (AvgIpc) is 1.77. The summed E-state index contributed by atoms with van der Waals surface area (Å²) in [5.74, 6) is 0. The van der Waals surface area contributed by atoms with Crippen LogP contribution in [0.5, 0.6) is 0 Å². The molecule has 0 aromatic heterocycles. The average molecular weight is 258 g/mol. The molecule has 42 valence electrons. The molecule has 0 fully saturated rings. The zero-order chi connectivity index (χ0) is 5.98. The first-order valence-electron chi connectivity index (χ1n) is 2.21. The van der Waals surface area contributed by atoms with Gasteiger partial charge in [0.1, 0.15) is 0 Å². The molecule has 0 nitrogen and oxygen atoms in total. The van der Waals surface area contributed by atoms with Gasteiger partial charge in [-0.1, -0.05) is 24.3 Å². The van der Waals surface area contributed by atoms with Crippen molar-refractivity contribution in [3.8, 4) is 0 Å². The molecule has 0 radical (unpaired) electrons. The molecule has 0 amide bonds. The van der Waals surface area contributed by atoms with Crippen LogP contribution in [0.3, 0.4) is 0 Å². The minimum absolute atomic E-state index is 0. The Morgan fingerprint density at radius 2 is 1.56 bits per heavy atom. The molecular formula is C6H4INaS. The van der Waals surface area contributed by atoms with Crippen molar-refractivity contribution >= 4 is 35.2 Å². The number of rotatable bonds is 0. The first-order chi connectivity index (χ1) is 3.79. The van der Waals surface area contributed by atoms with Crippen molar-refractivity contribution in [2.45, 2.75) is 4.90 Å². The molecule has 0 saturated carbocycles. The standard InChI is InChI=1S/C6H5IS.Na/c7-5-1-3-6(8)4-2-5;/h1-4,8H;/q;+1/p-1. The van der Waals surface area contributed by atoms with E-state index < -0.39 is 0 Å². The molecule has 0 saturated heterocycles. The molecule has 9 heavy (non-hydrogen) atoms. The zero-order valence-corrected chi connectivity index (χ0v) is 10.1. The van der Waals surface area contributed by atoms with Crippen molar-refractivity contribution in [2.75, 3.05) is 0 Å². The Morgan fingerprint density at radius 3 is 1.89 bits per heavy atom. The molecule has 0 spiro atoms. The third-order valence-corrected chi connectivity index (χ3v) is 1.80. The summed E-state index contributed by atoms with van der Waals surface area (Å²) in [6.45, 7) is 0. The van der Waals surface area contributed by atoms with Crippen LogP contribution in [-0.4, -0.2) is 0 Å². The van der Waals surface area contributed by atoms with Gasteiger partial charge in [-0.3, -0.25) is 0 Å². The molecule has 0 atom stereocenters. The van der Waals surface area contributed by atoms with E-state index >= 15 is 0 Å². The predicted molar refractivity (Wildman–Crippen MR) is 44.8 cm³/mol. The van der Waals surface area contributed by atoms with E-state index in [1.165, 1.54) is 3.57 Å². The molecule has 0 unspecified atom stereocenters. The quantitative estimate of drug-likeness (QED) is 0.333. The van der Waals surface area contributed by atoms with Gasteiger partial charge in [-0.2, -0.15) is 4.90 Å². The molecule has 0 aliphatic rings. The van der Waals surface area contributed by atoms with Crippen LogP contribution in [0.15, 0.2) is 29.2 Å². The molecule has 0 bridgehead atoms. The van der Waals surface area contributed by atoms with Gasteiger partial charge in [0, 0.05) is 3.57 Å². The van der Waals surface area contributed by atoms with Gasteiger partial charge in [0.25, 0.3) is 0 Å². The number of hydrogen-bond donors (Lipinski definition) is 0. The maximum atomic E-state index is 4.87. The van der Waals surface area contributed by atoms with E-state index in [4.69, 9.17) is 12.6 Å². The van der Waals surface area contributed by atoms with E-state index in [0.717, 1.165) is 4.90 Å². The van der Waals surface area contributed by atoms with E-state index in [9.17, 15) is 0 Å². The summed E-state index contributed by atoms with van der Waals surface area (Å²) in [7, 11) is 0. The summed E-state index contributed by atoms with van der Waals surface area (Å²) < 4.78 is 1.23. The Morgan fingerprint density at radius 1 is 1.11 bits per heavy atom. The third-order valence-electron chi connectivity index (χ3n) is 0.814. The fourth-order valence-electron chi connectivity index (χ4n) is 0.435. The summed E-state index contributed by atoms with van der Waals surface area (Å²) in [5.41, 5.74) is 0. The van der Waals surface area contributed by atoms with Crippen LogP contribution in [0.2, 0.25) is 0 Å². The smallest absolute Gasteiger partial charge is 0.780 e. The van der Waals surface area contributed by atoms with Gasteiger partial charge in [0.2, 0.25) is 0 Å². The Balaban J connectivity index is 0.000000640. The zero-order valence-electron chi connectivity index (χ0n) is 5.10. The summed E-state index contributed by atoms with van der Waals surface area (Å²) in [6.07, 6.45) is 0. The van der Waals surface area contributed by atoms with Crippen molar-refractivity contribution in [2.24, 2.45) is 0 Å². The largest absolute Gasteiger partial charge is 1.00 e. The summed E-state index contributed by atoms with van der Waals surface area (Å²) in [6, 6.07) is 7.86. The van der Waals surface area contributed by atoms with Gasteiger partial charge in [-0.05, 0) is 22.6 Å². The number of hydrogen-bond acceptors (Lipinski definition) is 1. The van der Waals surface area contributed by atoms with Gasteiger partial charge in [-0.15, -0.1) is 0 Å². The second-order valence-electron chi connectivity index (χ2n) is 1.45. The normalized spacial score (nSPS) is 8.11. The van der Waals surface area contributed by atoms with E-state index in [1.54, 1.807) is 0 Å². The molecule has 0 aliphatic carbocycles. The van der Waals surface area contributed by atoms with Gasteiger partial charge in [0.05, 0.1) is 0 Å². The van der Waals surface area contributed by atoms with Crippen LogP contribution in [0.1, 0.15) is 0 Å². The summed E-state index contributed by atoms with van der Waals surface area (Å²) >= 11 is 7.12. The Bertz CT molecular complexity index is 152. The van der Waals surface area contributed by atoms with Crippen molar-refractivity contribution in [3.05, 3.63) is 27.8 Å². The van der Waals surface area contributed by atoms with Gasteiger partial charge >= 0.3 is 29.6 Å². The SMILES string of the molecule is [Na+].[S-]c1ccc(I)cc1. The fourth-order valence-corrected chi connectivity index (χ4v) is 0.930. The molecule has 0 heterocycles. The summed E-state index contributed by atoms with van der Waals surface area (Å²) in [4.78, 5) is 0.908.